The highest BCUT2D eigenvalue weighted by molar-refractivity contribution is 6.14. The molecule has 0 amide bonds. The van der Waals surface area contributed by atoms with Gasteiger partial charge in [-0.1, -0.05) is 74.2 Å². The van der Waals surface area contributed by atoms with E-state index in [2.05, 4.69) is 41.0 Å². The van der Waals surface area contributed by atoms with Crippen LogP contribution in [0.3, 0.4) is 0 Å². The van der Waals surface area contributed by atoms with Crippen molar-refractivity contribution >= 4 is 33.7 Å². The van der Waals surface area contributed by atoms with E-state index in [9.17, 15) is 9.90 Å². The molecule has 2 N–H and O–H groups in total. The molecule has 0 aliphatic rings. The minimum absolute atomic E-state index is 0.0786. The van der Waals surface area contributed by atoms with Gasteiger partial charge >= 0.3 is 5.97 Å². The van der Waals surface area contributed by atoms with E-state index in [1.54, 1.807) is 12.1 Å². The number of carboxylic acid groups (broad SMARTS) is 1. The number of allylic oxidation sites excluding steroid dienone is 1. The number of aromatic nitrogens is 3. The summed E-state index contributed by atoms with van der Waals surface area (Å²) < 4.78 is 0. The molecule has 4 rings (SSSR count). The lowest BCUT2D eigenvalue weighted by molar-refractivity contribution is -0.130. The molecule has 0 aliphatic heterocycles. The zero-order valence-corrected chi connectivity index (χ0v) is 16.6. The van der Waals surface area contributed by atoms with Gasteiger partial charge in [0.25, 0.3) is 0 Å². The Morgan fingerprint density at radius 3 is 2.17 bits per heavy atom. The Morgan fingerprint density at radius 2 is 1.50 bits per heavy atom. The van der Waals surface area contributed by atoms with Gasteiger partial charge in [-0.05, 0) is 52.0 Å². The van der Waals surface area contributed by atoms with Gasteiger partial charge in [-0.2, -0.15) is 15.4 Å². The number of benzene rings is 3. The summed E-state index contributed by atoms with van der Waals surface area (Å²) in [6.45, 7) is 5.79. The van der Waals surface area contributed by atoms with Gasteiger partial charge in [-0.15, -0.1) is 0 Å². The van der Waals surface area contributed by atoms with Crippen molar-refractivity contribution in [3.05, 3.63) is 102 Å². The molecule has 5 heteroatoms. The first-order valence-corrected chi connectivity index (χ1v) is 9.71. The lowest BCUT2D eigenvalue weighted by Crippen LogP contribution is -1.99. The van der Waals surface area contributed by atoms with Gasteiger partial charge in [0, 0.05) is 0 Å². The zero-order valence-electron chi connectivity index (χ0n) is 16.6. The largest absolute Gasteiger partial charge is 0.478 e. The van der Waals surface area contributed by atoms with Gasteiger partial charge in [0.15, 0.2) is 0 Å². The fourth-order valence-corrected chi connectivity index (χ4v) is 3.64. The molecule has 148 valence electrons. The third-order valence-electron chi connectivity index (χ3n) is 5.16. The molecule has 4 aromatic rings. The molecule has 0 radical (unpaired) electrons. The number of hydrogen-bond acceptors (Lipinski definition) is 3. The number of aromatic amines is 1. The van der Waals surface area contributed by atoms with Gasteiger partial charge in [0.05, 0.1) is 5.57 Å². The van der Waals surface area contributed by atoms with Crippen LogP contribution in [0, 0.1) is 0 Å². The number of rotatable bonds is 6. The SMILES string of the molecule is C=C(C(=O)O)c1ccc(/C(=C(/CC)c2ccccc2)c2ccc3n[nH]nc3c2)cc1. The number of carboxylic acids is 1. The summed E-state index contributed by atoms with van der Waals surface area (Å²) >= 11 is 0. The molecule has 0 spiro atoms. The van der Waals surface area contributed by atoms with Crippen LogP contribution in [0.4, 0.5) is 0 Å². The second-order valence-electron chi connectivity index (χ2n) is 6.96. The normalized spacial score (nSPS) is 11.9. The Kier molecular flexibility index (Phi) is 5.26. The Morgan fingerprint density at radius 1 is 0.867 bits per heavy atom. The number of nitrogens with one attached hydrogen (secondary N) is 1. The molecule has 0 saturated heterocycles. The third-order valence-corrected chi connectivity index (χ3v) is 5.16. The Labute approximate surface area is 174 Å². The molecule has 0 atom stereocenters. The lowest BCUT2D eigenvalue weighted by Gasteiger charge is -2.17. The lowest BCUT2D eigenvalue weighted by atomic mass is 9.87. The maximum Gasteiger partial charge on any atom is 0.335 e. The second kappa shape index (κ2) is 8.17. The molecule has 1 heterocycles. The molecule has 1 aromatic heterocycles. The van der Waals surface area contributed by atoms with Gasteiger partial charge in [0.2, 0.25) is 0 Å². The van der Waals surface area contributed by atoms with Gasteiger partial charge in [0.1, 0.15) is 11.0 Å². The first-order chi connectivity index (χ1) is 14.6. The maximum atomic E-state index is 11.3. The molecular formula is C25H21N3O2. The van der Waals surface area contributed by atoms with E-state index < -0.39 is 5.97 Å². The van der Waals surface area contributed by atoms with Crippen LogP contribution in [-0.4, -0.2) is 26.5 Å². The van der Waals surface area contributed by atoms with Crippen molar-refractivity contribution in [1.29, 1.82) is 0 Å². The minimum atomic E-state index is -1.02. The first-order valence-electron chi connectivity index (χ1n) is 9.71. The zero-order chi connectivity index (χ0) is 21.1. The molecular weight excluding hydrogens is 374 g/mol. The van der Waals surface area contributed by atoms with E-state index in [1.165, 1.54) is 5.57 Å². The maximum absolute atomic E-state index is 11.3. The average Bonchev–Trinajstić information content (AvgIpc) is 3.25. The van der Waals surface area contributed by atoms with Crippen molar-refractivity contribution in [2.24, 2.45) is 0 Å². The summed E-state index contributed by atoms with van der Waals surface area (Å²) in [6, 6.07) is 23.8. The molecule has 30 heavy (non-hydrogen) atoms. The van der Waals surface area contributed by atoms with E-state index in [4.69, 9.17) is 0 Å². The summed E-state index contributed by atoms with van der Waals surface area (Å²) in [5.74, 6) is -1.02. The molecule has 0 saturated carbocycles. The summed E-state index contributed by atoms with van der Waals surface area (Å²) in [5, 5.41) is 20.3. The third kappa shape index (κ3) is 3.65. The van der Waals surface area contributed by atoms with Crippen LogP contribution in [0.2, 0.25) is 0 Å². The molecule has 0 aliphatic carbocycles. The molecule has 0 bridgehead atoms. The number of aliphatic carboxylic acids is 1. The molecule has 5 nitrogen and oxygen atoms in total. The smallest absolute Gasteiger partial charge is 0.335 e. The van der Waals surface area contributed by atoms with Crippen molar-refractivity contribution in [2.75, 3.05) is 0 Å². The highest BCUT2D eigenvalue weighted by atomic mass is 16.4. The molecule has 3 aromatic carbocycles. The fourth-order valence-electron chi connectivity index (χ4n) is 3.64. The number of hydrogen-bond donors (Lipinski definition) is 2. The predicted octanol–water partition coefficient (Wildman–Crippen LogP) is 5.42. The monoisotopic (exact) mass is 395 g/mol. The van der Waals surface area contributed by atoms with Crippen LogP contribution >= 0.6 is 0 Å². The van der Waals surface area contributed by atoms with Crippen molar-refractivity contribution in [3.8, 4) is 0 Å². The molecule has 0 fully saturated rings. The van der Waals surface area contributed by atoms with Crippen molar-refractivity contribution in [3.63, 3.8) is 0 Å². The van der Waals surface area contributed by atoms with E-state index in [-0.39, 0.29) is 5.57 Å². The quantitative estimate of drug-likeness (QED) is 0.337. The van der Waals surface area contributed by atoms with Crippen LogP contribution in [-0.2, 0) is 4.79 Å². The number of H-pyrrole nitrogens is 1. The first kappa shape index (κ1) is 19.3. The summed E-state index contributed by atoms with van der Waals surface area (Å²) in [6.07, 6.45) is 0.833. The standard InChI is InChI=1S/C25H21N3O2/c1-3-21(18-7-5-4-6-8-18)24(20-13-14-22-23(15-20)27-28-26-22)19-11-9-17(10-12-19)16(2)25(29)30/h4-15H,2-3H2,1H3,(H,29,30)(H,26,27,28)/b24-21+. The van der Waals surface area contributed by atoms with Gasteiger partial charge in [-0.3, -0.25) is 0 Å². The highest BCUT2D eigenvalue weighted by Gasteiger charge is 2.15. The van der Waals surface area contributed by atoms with Crippen LogP contribution < -0.4 is 0 Å². The summed E-state index contributed by atoms with van der Waals surface area (Å²) in [5.41, 5.74) is 7.74. The van der Waals surface area contributed by atoms with Crippen LogP contribution in [0.5, 0.6) is 0 Å². The predicted molar refractivity (Wildman–Crippen MR) is 120 cm³/mol. The fraction of sp³-hybridized carbons (Fsp3) is 0.0800. The Balaban J connectivity index is 1.92. The Bertz CT molecular complexity index is 1250. The van der Waals surface area contributed by atoms with Crippen LogP contribution in [0.25, 0.3) is 27.8 Å². The van der Waals surface area contributed by atoms with E-state index in [0.29, 0.717) is 5.56 Å². The average molecular weight is 395 g/mol. The van der Waals surface area contributed by atoms with Gasteiger partial charge < -0.3 is 5.11 Å². The van der Waals surface area contributed by atoms with Crippen molar-refractivity contribution in [2.45, 2.75) is 13.3 Å². The van der Waals surface area contributed by atoms with Crippen LogP contribution in [0.1, 0.15) is 35.6 Å². The van der Waals surface area contributed by atoms with E-state index in [0.717, 1.165) is 39.7 Å². The Hall–Kier alpha value is -3.99. The summed E-state index contributed by atoms with van der Waals surface area (Å²) in [4.78, 5) is 11.3. The highest BCUT2D eigenvalue weighted by Crippen LogP contribution is 2.35. The van der Waals surface area contributed by atoms with Gasteiger partial charge in [-0.25, -0.2) is 4.79 Å². The summed E-state index contributed by atoms with van der Waals surface area (Å²) in [7, 11) is 0. The second-order valence-corrected chi connectivity index (χ2v) is 6.96. The topological polar surface area (TPSA) is 78.9 Å². The number of fused-ring (bicyclic) bond motifs is 1. The number of nitrogens with zero attached hydrogens (tertiary/aromatic N) is 2. The van der Waals surface area contributed by atoms with E-state index >= 15 is 0 Å². The number of carbonyl (C=O) groups is 1. The van der Waals surface area contributed by atoms with Crippen LogP contribution in [0.15, 0.2) is 79.4 Å². The minimum Gasteiger partial charge on any atom is -0.478 e. The van der Waals surface area contributed by atoms with E-state index in [1.807, 2.05) is 48.5 Å². The molecule has 0 unspecified atom stereocenters. The van der Waals surface area contributed by atoms with Crippen molar-refractivity contribution < 1.29 is 9.90 Å². The van der Waals surface area contributed by atoms with Crippen molar-refractivity contribution in [1.82, 2.24) is 15.4 Å².